The molecule has 1 amide bonds. The number of thiocarbonyl (C=S) groups is 1. The van der Waals surface area contributed by atoms with Crippen molar-refractivity contribution in [2.45, 2.75) is 18.6 Å². The molecule has 1 aromatic carbocycles. The van der Waals surface area contributed by atoms with E-state index >= 15 is 0 Å². The first-order valence-corrected chi connectivity index (χ1v) is 6.71. The van der Waals surface area contributed by atoms with E-state index in [9.17, 15) is 18.0 Å². The number of carbonyl (C=O) groups is 1. The smallest absolute Gasteiger partial charge is 0.420 e. The van der Waals surface area contributed by atoms with Gasteiger partial charge in [0.05, 0.1) is 7.11 Å². The molecule has 9 heteroatoms. The number of halogens is 3. The summed E-state index contributed by atoms with van der Waals surface area (Å²) in [5.41, 5.74) is 0.284. The second-order valence-corrected chi connectivity index (χ2v) is 5.05. The van der Waals surface area contributed by atoms with Crippen molar-refractivity contribution in [2.24, 2.45) is 0 Å². The predicted octanol–water partition coefficient (Wildman–Crippen LogP) is 1.97. The normalized spacial score (nSPS) is 17.7. The van der Waals surface area contributed by atoms with Gasteiger partial charge in [0, 0.05) is 12.1 Å². The van der Waals surface area contributed by atoms with Crippen molar-refractivity contribution in [1.82, 2.24) is 10.4 Å². The van der Waals surface area contributed by atoms with Crippen LogP contribution in [0, 0.1) is 0 Å². The van der Waals surface area contributed by atoms with Gasteiger partial charge in [0.1, 0.15) is 22.3 Å². The summed E-state index contributed by atoms with van der Waals surface area (Å²) in [6, 6.07) is 3.06. The highest BCUT2D eigenvalue weighted by Crippen LogP contribution is 2.40. The lowest BCUT2D eigenvalue weighted by Crippen LogP contribution is -2.57. The van der Waals surface area contributed by atoms with E-state index in [1.807, 2.05) is 0 Å². The Morgan fingerprint density at radius 3 is 2.64 bits per heavy atom. The third-order valence-electron chi connectivity index (χ3n) is 3.45. The molecule has 0 unspecified atom stereocenters. The molecular weight excluding hydrogens is 321 g/mol. The molecule has 1 aliphatic heterocycles. The Hall–Kier alpha value is -1.87. The van der Waals surface area contributed by atoms with Gasteiger partial charge in [-0.15, -0.1) is 0 Å². The van der Waals surface area contributed by atoms with Crippen molar-refractivity contribution >= 4 is 23.1 Å². The maximum atomic E-state index is 13.3. The predicted molar refractivity (Wildman–Crippen MR) is 74.7 cm³/mol. The van der Waals surface area contributed by atoms with E-state index in [-0.39, 0.29) is 16.3 Å². The average Bonchev–Trinajstić information content (AvgIpc) is 2.43. The first kappa shape index (κ1) is 16.5. The number of likely N-dealkylation sites (tertiary alicyclic amines) is 1. The molecule has 1 fully saturated rings. The Morgan fingerprint density at radius 2 is 2.18 bits per heavy atom. The molecule has 0 radical (unpaired) electrons. The van der Waals surface area contributed by atoms with E-state index in [2.05, 4.69) is 0 Å². The van der Waals surface area contributed by atoms with Gasteiger partial charge in [-0.05, 0) is 12.5 Å². The highest BCUT2D eigenvalue weighted by molar-refractivity contribution is 7.80. The van der Waals surface area contributed by atoms with Crippen molar-refractivity contribution in [3.8, 4) is 5.75 Å². The zero-order valence-electron chi connectivity index (χ0n) is 11.5. The third-order valence-corrected chi connectivity index (χ3v) is 3.91. The van der Waals surface area contributed by atoms with E-state index in [0.29, 0.717) is 13.0 Å². The maximum absolute atomic E-state index is 13.3. The van der Waals surface area contributed by atoms with E-state index in [4.69, 9.17) is 22.2 Å². The van der Waals surface area contributed by atoms with Crippen LogP contribution < -0.4 is 10.2 Å². The average molecular weight is 334 g/mol. The summed E-state index contributed by atoms with van der Waals surface area (Å²) >= 11 is 5.11. The first-order chi connectivity index (χ1) is 10.3. The molecule has 0 aliphatic carbocycles. The minimum absolute atomic E-state index is 0.105. The van der Waals surface area contributed by atoms with Gasteiger partial charge in [0.2, 0.25) is 0 Å². The van der Waals surface area contributed by atoms with Crippen LogP contribution >= 0.6 is 12.2 Å². The fourth-order valence-electron chi connectivity index (χ4n) is 2.30. The number of ether oxygens (including phenoxy) is 1. The van der Waals surface area contributed by atoms with Gasteiger partial charge < -0.3 is 9.64 Å². The summed E-state index contributed by atoms with van der Waals surface area (Å²) in [6.07, 6.45) is -4.25. The molecule has 1 heterocycles. The van der Waals surface area contributed by atoms with Crippen LogP contribution in [0.2, 0.25) is 0 Å². The summed E-state index contributed by atoms with van der Waals surface area (Å²) in [6.45, 7) is 0.339. The van der Waals surface area contributed by atoms with Crippen LogP contribution in [0.4, 0.5) is 13.2 Å². The monoisotopic (exact) mass is 334 g/mol. The molecule has 120 valence electrons. The van der Waals surface area contributed by atoms with E-state index < -0.39 is 23.7 Å². The number of hydroxylamine groups is 1. The van der Waals surface area contributed by atoms with Crippen LogP contribution in [0.15, 0.2) is 18.2 Å². The Morgan fingerprint density at radius 1 is 1.50 bits per heavy atom. The molecule has 1 aromatic rings. The number of rotatable bonds is 3. The molecular formula is C13H13F3N2O3S. The molecule has 0 aromatic heterocycles. The molecule has 0 bridgehead atoms. The van der Waals surface area contributed by atoms with Gasteiger partial charge in [-0.3, -0.25) is 10.0 Å². The number of hydrogen-bond acceptors (Lipinski definition) is 4. The van der Waals surface area contributed by atoms with Crippen LogP contribution in [-0.2, 0) is 11.0 Å². The fraction of sp³-hybridized carbons (Fsp3) is 0.385. The van der Waals surface area contributed by atoms with Crippen molar-refractivity contribution in [2.75, 3.05) is 13.7 Å². The van der Waals surface area contributed by atoms with Gasteiger partial charge in [0.25, 0.3) is 5.91 Å². The van der Waals surface area contributed by atoms with Crippen molar-refractivity contribution in [3.05, 3.63) is 29.3 Å². The summed E-state index contributed by atoms with van der Waals surface area (Å²) in [5, 5.41) is 8.64. The first-order valence-electron chi connectivity index (χ1n) is 6.30. The lowest BCUT2D eigenvalue weighted by atomic mass is 9.98. The van der Waals surface area contributed by atoms with E-state index in [1.54, 1.807) is 0 Å². The van der Waals surface area contributed by atoms with Crippen LogP contribution in [0.1, 0.15) is 17.5 Å². The number of alkyl halides is 3. The second kappa shape index (κ2) is 6.09. The van der Waals surface area contributed by atoms with Gasteiger partial charge in [-0.1, -0.05) is 24.4 Å². The summed E-state index contributed by atoms with van der Waals surface area (Å²) < 4.78 is 44.6. The molecule has 2 rings (SSSR count). The Bertz CT molecular complexity index is 607. The topological polar surface area (TPSA) is 61.8 Å². The van der Waals surface area contributed by atoms with Gasteiger partial charge >= 0.3 is 6.18 Å². The van der Waals surface area contributed by atoms with Crippen LogP contribution in [0.5, 0.6) is 5.75 Å². The second-order valence-electron chi connectivity index (χ2n) is 4.66. The number of amides is 1. The molecule has 0 saturated carbocycles. The Kier molecular flexibility index (Phi) is 4.57. The number of nitrogens with zero attached hydrogens (tertiary/aromatic N) is 1. The Balaban J connectivity index is 2.41. The van der Waals surface area contributed by atoms with Gasteiger partial charge in [-0.2, -0.15) is 13.2 Å². The molecule has 5 nitrogen and oxygen atoms in total. The Labute approximate surface area is 129 Å². The maximum Gasteiger partial charge on any atom is 0.420 e. The SMILES string of the molecule is COc1cccc(C(=S)N2CC[C@@H]2C(=O)NO)c1C(F)(F)F. The number of carbonyl (C=O) groups excluding carboxylic acids is 1. The number of nitrogens with one attached hydrogen (secondary N) is 1. The molecule has 1 atom stereocenters. The summed E-state index contributed by atoms with van der Waals surface area (Å²) in [5.74, 6) is -1.04. The zero-order chi connectivity index (χ0) is 16.5. The van der Waals surface area contributed by atoms with Crippen LogP contribution in [-0.4, -0.2) is 40.7 Å². The molecule has 0 spiro atoms. The highest BCUT2D eigenvalue weighted by atomic mass is 32.1. The number of methoxy groups -OCH3 is 1. The minimum atomic E-state index is -4.65. The lowest BCUT2D eigenvalue weighted by molar-refractivity contribution is -0.138. The molecule has 2 N–H and O–H groups in total. The lowest BCUT2D eigenvalue weighted by Gasteiger charge is -2.41. The zero-order valence-corrected chi connectivity index (χ0v) is 12.3. The van der Waals surface area contributed by atoms with E-state index in [1.165, 1.54) is 28.6 Å². The van der Waals surface area contributed by atoms with Crippen molar-refractivity contribution in [3.63, 3.8) is 0 Å². The van der Waals surface area contributed by atoms with Gasteiger partial charge in [0.15, 0.2) is 0 Å². The largest absolute Gasteiger partial charge is 0.496 e. The molecule has 1 saturated heterocycles. The summed E-state index contributed by atoms with van der Waals surface area (Å²) in [7, 11) is 1.14. The van der Waals surface area contributed by atoms with Gasteiger partial charge in [-0.25, -0.2) is 5.48 Å². The van der Waals surface area contributed by atoms with E-state index in [0.717, 1.165) is 7.11 Å². The molecule has 22 heavy (non-hydrogen) atoms. The molecule has 1 aliphatic rings. The number of benzene rings is 1. The van der Waals surface area contributed by atoms with Crippen LogP contribution in [0.25, 0.3) is 0 Å². The third kappa shape index (κ3) is 2.86. The highest BCUT2D eigenvalue weighted by Gasteiger charge is 2.42. The standard InChI is InChI=1S/C13H13F3N2O3S/c1-21-9-4-2-3-7(10(9)13(14,15)16)12(22)18-6-5-8(18)11(19)17-20/h2-4,8,20H,5-6H2,1H3,(H,17,19)/t8-/m1/s1. The minimum Gasteiger partial charge on any atom is -0.496 e. The summed E-state index contributed by atoms with van der Waals surface area (Å²) in [4.78, 5) is 12.7. The quantitative estimate of drug-likeness (QED) is 0.503. The number of hydrogen-bond donors (Lipinski definition) is 2. The fourth-order valence-corrected chi connectivity index (χ4v) is 2.69. The van der Waals surface area contributed by atoms with Crippen molar-refractivity contribution < 1.29 is 27.9 Å². The van der Waals surface area contributed by atoms with Crippen LogP contribution in [0.3, 0.4) is 0 Å². The van der Waals surface area contributed by atoms with Crippen molar-refractivity contribution in [1.29, 1.82) is 0 Å².